The lowest BCUT2D eigenvalue weighted by Crippen LogP contribution is -2.19. The zero-order chi connectivity index (χ0) is 15.5. The van der Waals surface area contributed by atoms with E-state index in [1.807, 2.05) is 37.4 Å². The van der Waals surface area contributed by atoms with Gasteiger partial charge in [0.25, 0.3) is 0 Å². The molecule has 0 saturated carbocycles. The molecule has 0 radical (unpaired) electrons. The minimum atomic E-state index is -4.32. The van der Waals surface area contributed by atoms with Gasteiger partial charge in [0.1, 0.15) is 0 Å². The van der Waals surface area contributed by atoms with E-state index in [1.165, 1.54) is 6.07 Å². The molecule has 2 aromatic rings. The summed E-state index contributed by atoms with van der Waals surface area (Å²) in [6.07, 6.45) is -3.71. The first-order valence-corrected chi connectivity index (χ1v) is 7.29. The quantitative estimate of drug-likeness (QED) is 0.814. The number of halogens is 4. The summed E-state index contributed by atoms with van der Waals surface area (Å²) in [6.45, 7) is 0. The third-order valence-electron chi connectivity index (χ3n) is 3.35. The molecule has 0 aromatic heterocycles. The van der Waals surface area contributed by atoms with Crippen molar-refractivity contribution >= 4 is 15.9 Å². The van der Waals surface area contributed by atoms with Gasteiger partial charge in [-0.3, -0.25) is 0 Å². The minimum Gasteiger partial charge on any atom is -0.313 e. The van der Waals surface area contributed by atoms with Crippen LogP contribution in [0.2, 0.25) is 0 Å². The number of alkyl halides is 3. The van der Waals surface area contributed by atoms with Gasteiger partial charge >= 0.3 is 6.18 Å². The van der Waals surface area contributed by atoms with Crippen LogP contribution in [0.25, 0.3) is 0 Å². The van der Waals surface area contributed by atoms with Crippen LogP contribution in [0.3, 0.4) is 0 Å². The molecule has 0 aliphatic rings. The lowest BCUT2D eigenvalue weighted by molar-refractivity contribution is -0.137. The van der Waals surface area contributed by atoms with Crippen molar-refractivity contribution in [3.63, 3.8) is 0 Å². The van der Waals surface area contributed by atoms with E-state index in [-0.39, 0.29) is 6.04 Å². The predicted octanol–water partition coefficient (Wildman–Crippen LogP) is 4.97. The minimum absolute atomic E-state index is 0.0548. The molecule has 1 N–H and O–H groups in total. The summed E-state index contributed by atoms with van der Waals surface area (Å²) in [5.74, 6) is 0. The Balaban J connectivity index is 2.23. The van der Waals surface area contributed by atoms with Gasteiger partial charge in [-0.05, 0) is 36.7 Å². The first-order chi connectivity index (χ1) is 9.91. The van der Waals surface area contributed by atoms with Crippen LogP contribution in [0.5, 0.6) is 0 Å². The summed E-state index contributed by atoms with van der Waals surface area (Å²) in [6, 6.07) is 13.7. The summed E-state index contributed by atoms with van der Waals surface area (Å²) >= 11 is 3.24. The third-order valence-corrected chi connectivity index (χ3v) is 4.09. The molecule has 21 heavy (non-hydrogen) atoms. The fraction of sp³-hybridized carbons (Fsp3) is 0.250. The van der Waals surface area contributed by atoms with E-state index >= 15 is 0 Å². The summed E-state index contributed by atoms with van der Waals surface area (Å²) in [4.78, 5) is 0. The standard InChI is InChI=1S/C16H15BrF3N/c1-21-15(11-5-3-2-4-6-11)9-12-7-8-13(10-14(12)17)16(18,19)20/h2-8,10,15,21H,9H2,1H3. The monoisotopic (exact) mass is 357 g/mol. The van der Waals surface area contributed by atoms with Crippen LogP contribution in [0.4, 0.5) is 13.2 Å². The van der Waals surface area contributed by atoms with Gasteiger partial charge in [0.05, 0.1) is 5.56 Å². The van der Waals surface area contributed by atoms with Crippen molar-refractivity contribution in [3.8, 4) is 0 Å². The molecule has 0 amide bonds. The van der Waals surface area contributed by atoms with Crippen LogP contribution in [0.15, 0.2) is 53.0 Å². The fourth-order valence-electron chi connectivity index (χ4n) is 2.18. The topological polar surface area (TPSA) is 12.0 Å². The van der Waals surface area contributed by atoms with Crippen molar-refractivity contribution in [1.82, 2.24) is 5.32 Å². The van der Waals surface area contributed by atoms with Crippen molar-refractivity contribution in [1.29, 1.82) is 0 Å². The first-order valence-electron chi connectivity index (χ1n) is 6.49. The Morgan fingerprint density at radius 3 is 2.29 bits per heavy atom. The second kappa shape index (κ2) is 6.62. The van der Waals surface area contributed by atoms with Gasteiger partial charge in [-0.2, -0.15) is 13.2 Å². The average Bonchev–Trinajstić information content (AvgIpc) is 2.46. The summed E-state index contributed by atoms with van der Waals surface area (Å²) < 4.78 is 38.5. The molecule has 2 aromatic carbocycles. The molecule has 5 heteroatoms. The van der Waals surface area contributed by atoms with Gasteiger partial charge in [0.15, 0.2) is 0 Å². The Hall–Kier alpha value is -1.33. The van der Waals surface area contributed by atoms with Crippen LogP contribution in [-0.4, -0.2) is 7.05 Å². The van der Waals surface area contributed by atoms with Gasteiger partial charge in [0, 0.05) is 10.5 Å². The molecule has 1 atom stereocenters. The highest BCUT2D eigenvalue weighted by atomic mass is 79.9. The van der Waals surface area contributed by atoms with Crippen LogP contribution < -0.4 is 5.32 Å². The van der Waals surface area contributed by atoms with E-state index in [2.05, 4.69) is 21.2 Å². The van der Waals surface area contributed by atoms with Crippen LogP contribution in [0.1, 0.15) is 22.7 Å². The maximum absolute atomic E-state index is 12.7. The van der Waals surface area contributed by atoms with Crippen LogP contribution >= 0.6 is 15.9 Å². The molecule has 1 unspecified atom stereocenters. The molecule has 2 rings (SSSR count). The number of likely N-dealkylation sites (N-methyl/N-ethyl adjacent to an activating group) is 1. The largest absolute Gasteiger partial charge is 0.416 e. The Labute approximate surface area is 130 Å². The second-order valence-corrected chi connectivity index (χ2v) is 5.61. The molecule has 0 bridgehead atoms. The number of rotatable bonds is 4. The van der Waals surface area contributed by atoms with Crippen molar-refractivity contribution in [2.75, 3.05) is 7.05 Å². The summed E-state index contributed by atoms with van der Waals surface area (Å²) in [5.41, 5.74) is 1.30. The van der Waals surface area contributed by atoms with E-state index in [1.54, 1.807) is 0 Å². The van der Waals surface area contributed by atoms with E-state index in [4.69, 9.17) is 0 Å². The zero-order valence-corrected chi connectivity index (χ0v) is 13.0. The van der Waals surface area contributed by atoms with Crippen LogP contribution in [-0.2, 0) is 12.6 Å². The molecule has 112 valence electrons. The molecule has 1 nitrogen and oxygen atoms in total. The Kier molecular flexibility index (Phi) is 5.06. The maximum atomic E-state index is 12.7. The van der Waals surface area contributed by atoms with E-state index in [9.17, 15) is 13.2 Å². The fourth-order valence-corrected chi connectivity index (χ4v) is 2.72. The van der Waals surface area contributed by atoms with E-state index < -0.39 is 11.7 Å². The normalized spacial score (nSPS) is 13.2. The van der Waals surface area contributed by atoms with Crippen LogP contribution in [0, 0.1) is 0 Å². The molecule has 0 spiro atoms. The van der Waals surface area contributed by atoms with E-state index in [0.29, 0.717) is 10.9 Å². The van der Waals surface area contributed by atoms with E-state index in [0.717, 1.165) is 23.3 Å². The summed E-state index contributed by atoms with van der Waals surface area (Å²) in [7, 11) is 1.84. The molecule has 0 aliphatic carbocycles. The molecular weight excluding hydrogens is 343 g/mol. The van der Waals surface area contributed by atoms with Crippen molar-refractivity contribution in [3.05, 3.63) is 69.7 Å². The van der Waals surface area contributed by atoms with Gasteiger partial charge in [-0.15, -0.1) is 0 Å². The highest BCUT2D eigenvalue weighted by Crippen LogP contribution is 2.33. The summed E-state index contributed by atoms with van der Waals surface area (Å²) in [5, 5.41) is 3.20. The van der Waals surface area contributed by atoms with Crippen molar-refractivity contribution in [2.24, 2.45) is 0 Å². The van der Waals surface area contributed by atoms with Gasteiger partial charge in [0.2, 0.25) is 0 Å². The second-order valence-electron chi connectivity index (χ2n) is 4.76. The van der Waals surface area contributed by atoms with Crippen molar-refractivity contribution in [2.45, 2.75) is 18.6 Å². The van der Waals surface area contributed by atoms with Gasteiger partial charge in [-0.25, -0.2) is 0 Å². The maximum Gasteiger partial charge on any atom is 0.416 e. The number of hydrogen-bond donors (Lipinski definition) is 1. The lowest BCUT2D eigenvalue weighted by atomic mass is 9.98. The highest BCUT2D eigenvalue weighted by molar-refractivity contribution is 9.10. The highest BCUT2D eigenvalue weighted by Gasteiger charge is 2.30. The molecular formula is C16H15BrF3N. The Morgan fingerprint density at radius 1 is 1.10 bits per heavy atom. The Morgan fingerprint density at radius 2 is 1.76 bits per heavy atom. The van der Waals surface area contributed by atoms with Gasteiger partial charge in [-0.1, -0.05) is 52.3 Å². The molecule has 0 heterocycles. The first kappa shape index (κ1) is 16.0. The average molecular weight is 358 g/mol. The molecule has 0 aliphatic heterocycles. The number of nitrogens with one attached hydrogen (secondary N) is 1. The molecule has 0 fully saturated rings. The molecule has 0 saturated heterocycles. The predicted molar refractivity (Wildman–Crippen MR) is 81.1 cm³/mol. The van der Waals surface area contributed by atoms with Crippen molar-refractivity contribution < 1.29 is 13.2 Å². The lowest BCUT2D eigenvalue weighted by Gasteiger charge is -2.18. The van der Waals surface area contributed by atoms with Gasteiger partial charge < -0.3 is 5.32 Å². The smallest absolute Gasteiger partial charge is 0.313 e. The SMILES string of the molecule is CNC(Cc1ccc(C(F)(F)F)cc1Br)c1ccccc1. The zero-order valence-electron chi connectivity index (χ0n) is 11.4. The number of hydrogen-bond acceptors (Lipinski definition) is 1. The number of benzene rings is 2. The Bertz CT molecular complexity index is 596. The third kappa shape index (κ3) is 4.08.